The molecule has 1 N–H and O–H groups in total. The molecule has 0 spiro atoms. The molecule has 13 heteroatoms. The molecule has 1 aromatic carbocycles. The lowest BCUT2D eigenvalue weighted by molar-refractivity contribution is -0.128. The predicted molar refractivity (Wildman–Crippen MR) is 130 cm³/mol. The molecule has 1 saturated carbocycles. The topological polar surface area (TPSA) is 103 Å². The van der Waals surface area contributed by atoms with Crippen LogP contribution in [0.2, 0.25) is 0 Å². The first kappa shape index (κ1) is 23.9. The van der Waals surface area contributed by atoms with Crippen molar-refractivity contribution in [3.63, 3.8) is 0 Å². The van der Waals surface area contributed by atoms with Gasteiger partial charge >= 0.3 is 11.4 Å². The second kappa shape index (κ2) is 7.61. The van der Waals surface area contributed by atoms with Gasteiger partial charge in [0.2, 0.25) is 0 Å². The minimum absolute atomic E-state index is 0.000725. The van der Waals surface area contributed by atoms with Crippen molar-refractivity contribution in [1.29, 1.82) is 0 Å². The van der Waals surface area contributed by atoms with Crippen molar-refractivity contribution < 1.29 is 14.7 Å². The Balaban J connectivity index is 1.89. The minimum Gasteiger partial charge on any atom is -0.508 e. The third kappa shape index (κ3) is 2.79. The molecule has 1 fully saturated rings. The summed E-state index contributed by atoms with van der Waals surface area (Å²) < 4.78 is 3.91. The van der Waals surface area contributed by atoms with E-state index in [2.05, 4.69) is 15.9 Å². The number of Topliss-reactive ketones (excluding diaryl/α,β-unsaturated/α-hetero) is 2. The number of alkyl halides is 2. The Morgan fingerprint density at radius 2 is 1.71 bits per heavy atom. The molecule has 0 unspecified atom stereocenters. The van der Waals surface area contributed by atoms with E-state index in [1.165, 1.54) is 22.5 Å². The van der Waals surface area contributed by atoms with Crippen LogP contribution in [0.5, 0.6) is 5.75 Å². The molecule has 2 heterocycles. The fraction of sp³-hybridized carbons (Fsp3) is 0.333. The van der Waals surface area contributed by atoms with Crippen LogP contribution < -0.4 is 11.4 Å². The number of rotatable bonds is 1. The highest BCUT2D eigenvalue weighted by Gasteiger charge is 2.71. The van der Waals surface area contributed by atoms with Crippen LogP contribution in [0.25, 0.3) is 0 Å². The van der Waals surface area contributed by atoms with Gasteiger partial charge in [-0.05, 0) is 23.8 Å². The van der Waals surface area contributed by atoms with Gasteiger partial charge in [-0.1, -0.05) is 45.2 Å². The number of hydrogen-bond acceptors (Lipinski definition) is 5. The van der Waals surface area contributed by atoms with Gasteiger partial charge in [0.1, 0.15) is 25.6 Å². The lowest BCUT2D eigenvalue weighted by Crippen LogP contribution is -2.67. The smallest absolute Gasteiger partial charge is 0.347 e. The van der Waals surface area contributed by atoms with E-state index in [9.17, 15) is 24.3 Å². The molecule has 1 aromatic heterocycles. The van der Waals surface area contributed by atoms with E-state index in [-0.39, 0.29) is 24.3 Å². The fourth-order valence-electron chi connectivity index (χ4n) is 5.18. The second-order valence-corrected chi connectivity index (χ2v) is 11.3. The number of aromatic hydroxyl groups is 1. The molecule has 34 heavy (non-hydrogen) atoms. The Hall–Kier alpha value is -1.78. The Bertz CT molecular complexity index is 1500. The first-order valence-electron chi connectivity index (χ1n) is 9.95. The average molecular weight is 610 g/mol. The highest BCUT2D eigenvalue weighted by atomic mass is 79.9. The standard InChI is InChI=1S/C21H14BrCl4N3O5/c1-27-18(33)28-5-4-9-11(29(28)19(27)34)7-20(25)16(31)14(23)15(24)17(32)21(20,26)13(9)10-6-8(22)2-3-12(10)30/h2-4,6,11,13,30H,5,7H2,1H3/t11-,13-,20-,21+/m1/s1. The van der Waals surface area contributed by atoms with Gasteiger partial charge in [-0.25, -0.2) is 23.5 Å². The molecule has 1 aliphatic heterocycles. The second-order valence-electron chi connectivity index (χ2n) is 8.41. The van der Waals surface area contributed by atoms with Crippen molar-refractivity contribution in [3.05, 3.63) is 70.9 Å². The number of ketones is 2. The largest absolute Gasteiger partial charge is 0.508 e. The van der Waals surface area contributed by atoms with Crippen LogP contribution in [0.15, 0.2) is 54.0 Å². The summed E-state index contributed by atoms with van der Waals surface area (Å²) in [6.45, 7) is 0.000725. The monoisotopic (exact) mass is 607 g/mol. The number of carbonyl (C=O) groups excluding carboxylic acids is 2. The van der Waals surface area contributed by atoms with E-state index in [1.54, 1.807) is 18.2 Å². The normalized spacial score (nSPS) is 30.6. The van der Waals surface area contributed by atoms with Crippen molar-refractivity contribution in [1.82, 2.24) is 13.9 Å². The summed E-state index contributed by atoms with van der Waals surface area (Å²) in [4.78, 5) is 48.3. The number of halogens is 5. The summed E-state index contributed by atoms with van der Waals surface area (Å²) in [5.74, 6) is -3.15. The van der Waals surface area contributed by atoms with Crippen molar-refractivity contribution in [3.8, 4) is 5.75 Å². The van der Waals surface area contributed by atoms with E-state index < -0.39 is 54.7 Å². The number of allylic oxidation sites excluding steroid dienone is 4. The summed E-state index contributed by atoms with van der Waals surface area (Å²) in [6.07, 6.45) is 1.34. The van der Waals surface area contributed by atoms with Crippen molar-refractivity contribution in [2.45, 2.75) is 34.7 Å². The van der Waals surface area contributed by atoms with Crippen LogP contribution in [0.1, 0.15) is 23.9 Å². The van der Waals surface area contributed by atoms with Crippen molar-refractivity contribution in [2.24, 2.45) is 7.05 Å². The Morgan fingerprint density at radius 1 is 1.06 bits per heavy atom. The summed E-state index contributed by atoms with van der Waals surface area (Å²) in [7, 11) is 1.33. The number of phenolic OH excluding ortho intramolecular Hbond substituents is 1. The maximum Gasteiger partial charge on any atom is 0.347 e. The van der Waals surface area contributed by atoms with E-state index in [1.807, 2.05) is 0 Å². The molecule has 4 atom stereocenters. The van der Waals surface area contributed by atoms with Crippen molar-refractivity contribution in [2.75, 3.05) is 0 Å². The van der Waals surface area contributed by atoms with E-state index in [0.29, 0.717) is 10.0 Å². The Morgan fingerprint density at radius 3 is 2.38 bits per heavy atom. The first-order chi connectivity index (χ1) is 15.9. The lowest BCUT2D eigenvalue weighted by Gasteiger charge is -2.54. The summed E-state index contributed by atoms with van der Waals surface area (Å²) >= 11 is 29.6. The van der Waals surface area contributed by atoms with Gasteiger partial charge < -0.3 is 5.11 Å². The summed E-state index contributed by atoms with van der Waals surface area (Å²) in [5.41, 5.74) is -0.556. The zero-order valence-electron chi connectivity index (χ0n) is 17.2. The van der Waals surface area contributed by atoms with Gasteiger partial charge in [-0.15, -0.1) is 23.2 Å². The summed E-state index contributed by atoms with van der Waals surface area (Å²) in [5, 5.41) is 9.68. The molecule has 8 nitrogen and oxygen atoms in total. The summed E-state index contributed by atoms with van der Waals surface area (Å²) in [6, 6.07) is 3.60. The molecular weight excluding hydrogens is 596 g/mol. The molecular formula is C21H14BrCl4N3O5. The highest BCUT2D eigenvalue weighted by Crippen LogP contribution is 2.64. The molecule has 0 saturated heterocycles. The molecule has 178 valence electrons. The van der Waals surface area contributed by atoms with E-state index >= 15 is 0 Å². The van der Waals surface area contributed by atoms with Crippen LogP contribution in [0.4, 0.5) is 0 Å². The number of benzene rings is 1. The van der Waals surface area contributed by atoms with Crippen LogP contribution in [-0.4, -0.2) is 40.4 Å². The molecule has 5 rings (SSSR count). The predicted octanol–water partition coefficient (Wildman–Crippen LogP) is 3.28. The van der Waals surface area contributed by atoms with Gasteiger partial charge in [0.25, 0.3) is 0 Å². The highest BCUT2D eigenvalue weighted by molar-refractivity contribution is 9.10. The van der Waals surface area contributed by atoms with Crippen LogP contribution in [0, 0.1) is 0 Å². The Labute approximate surface area is 220 Å². The molecule has 0 amide bonds. The fourth-order valence-corrected chi connectivity index (χ4v) is 7.08. The van der Waals surface area contributed by atoms with Crippen LogP contribution in [-0.2, 0) is 23.2 Å². The van der Waals surface area contributed by atoms with E-state index in [4.69, 9.17) is 46.4 Å². The number of fused-ring (bicyclic) bond motifs is 4. The third-order valence-corrected chi connectivity index (χ3v) is 9.54. The van der Waals surface area contributed by atoms with Gasteiger partial charge in [0, 0.05) is 29.4 Å². The average Bonchev–Trinajstić information content (AvgIpc) is 3.03. The van der Waals surface area contributed by atoms with Gasteiger partial charge in [0.15, 0.2) is 11.6 Å². The third-order valence-electron chi connectivity index (χ3n) is 6.80. The zero-order chi connectivity index (χ0) is 24.9. The van der Waals surface area contributed by atoms with E-state index in [0.717, 1.165) is 4.57 Å². The van der Waals surface area contributed by atoms with Gasteiger partial charge in [-0.2, -0.15) is 0 Å². The SMILES string of the molecule is Cn1c(=O)n2n(c1=O)[C@@H]1C[C@@]3(Cl)C(=O)C(Cl)=C(Cl)C(=O)[C@@]3(Cl)[C@@H](c3cc(Br)ccc3O)C1=CC2. The van der Waals surface area contributed by atoms with Crippen molar-refractivity contribution >= 4 is 73.9 Å². The number of hydrogen-bond donors (Lipinski definition) is 1. The number of phenols is 1. The maximum absolute atomic E-state index is 13.6. The lowest BCUT2D eigenvalue weighted by atomic mass is 9.59. The quantitative estimate of drug-likeness (QED) is 0.395. The maximum atomic E-state index is 13.6. The minimum atomic E-state index is -2.18. The number of carbonyl (C=O) groups is 2. The first-order valence-corrected chi connectivity index (χ1v) is 12.3. The number of nitrogens with zero attached hydrogens (tertiary/aromatic N) is 3. The zero-order valence-corrected chi connectivity index (χ0v) is 21.8. The molecule has 2 aromatic rings. The molecule has 3 aliphatic rings. The Kier molecular flexibility index (Phi) is 5.36. The van der Waals surface area contributed by atoms with Gasteiger partial charge in [-0.3, -0.25) is 9.59 Å². The number of aromatic nitrogens is 3. The van der Waals surface area contributed by atoms with Crippen LogP contribution in [0.3, 0.4) is 0 Å². The van der Waals surface area contributed by atoms with Gasteiger partial charge in [0.05, 0.1) is 12.6 Å². The molecule has 2 aliphatic carbocycles. The molecule has 0 bridgehead atoms. The molecule has 0 radical (unpaired) electrons. The van der Waals surface area contributed by atoms with Crippen LogP contribution >= 0.6 is 62.3 Å².